The fourth-order valence-corrected chi connectivity index (χ4v) is 1.69. The summed E-state index contributed by atoms with van der Waals surface area (Å²) < 4.78 is 1.33. The summed E-state index contributed by atoms with van der Waals surface area (Å²) in [6, 6.07) is 5.14. The molecule has 2 rings (SSSR count). The van der Waals surface area contributed by atoms with E-state index in [4.69, 9.17) is 11.6 Å². The van der Waals surface area contributed by atoms with Crippen molar-refractivity contribution >= 4 is 17.5 Å². The lowest BCUT2D eigenvalue weighted by atomic mass is 10.2. The number of aromatic nitrogens is 3. The highest BCUT2D eigenvalue weighted by molar-refractivity contribution is 6.32. The number of hydrogen-bond acceptors (Lipinski definition) is 3. The molecule has 2 aromatic heterocycles. The van der Waals surface area contributed by atoms with Crippen LogP contribution in [0.3, 0.4) is 0 Å². The summed E-state index contributed by atoms with van der Waals surface area (Å²) >= 11 is 5.86. The van der Waals surface area contributed by atoms with Crippen molar-refractivity contribution in [3.8, 4) is 0 Å². The smallest absolute Gasteiger partial charge is 0.267 e. The summed E-state index contributed by atoms with van der Waals surface area (Å²) in [6.07, 6.45) is 1.54. The van der Waals surface area contributed by atoms with E-state index in [1.165, 1.54) is 4.68 Å². The minimum Gasteiger partial charge on any atom is -0.267 e. The first kappa shape index (κ1) is 10.8. The molecule has 0 aliphatic heterocycles. The maximum absolute atomic E-state index is 12.1. The maximum Gasteiger partial charge on any atom is 0.281 e. The third kappa shape index (κ3) is 1.84. The van der Waals surface area contributed by atoms with Gasteiger partial charge in [0.25, 0.3) is 5.91 Å². The fourth-order valence-electron chi connectivity index (χ4n) is 1.49. The molecule has 2 aromatic rings. The SMILES string of the molecule is Cc1cc(C)n(C(=O)c2cccnc2Cl)n1. The van der Waals surface area contributed by atoms with Gasteiger partial charge in [-0.15, -0.1) is 0 Å². The largest absolute Gasteiger partial charge is 0.281 e. The minimum atomic E-state index is -0.260. The molecule has 0 radical (unpaired) electrons. The van der Waals surface area contributed by atoms with Gasteiger partial charge in [0.2, 0.25) is 0 Å². The van der Waals surface area contributed by atoms with Crippen molar-refractivity contribution in [2.75, 3.05) is 0 Å². The van der Waals surface area contributed by atoms with E-state index in [-0.39, 0.29) is 11.1 Å². The molecular formula is C11H10ClN3O. The number of nitrogens with zero attached hydrogens (tertiary/aromatic N) is 3. The number of pyridine rings is 1. The van der Waals surface area contributed by atoms with Gasteiger partial charge in [0.1, 0.15) is 5.15 Å². The van der Waals surface area contributed by atoms with E-state index in [1.807, 2.05) is 19.9 Å². The molecule has 16 heavy (non-hydrogen) atoms. The molecule has 0 saturated heterocycles. The van der Waals surface area contributed by atoms with Gasteiger partial charge in [0.15, 0.2) is 0 Å². The topological polar surface area (TPSA) is 47.8 Å². The van der Waals surface area contributed by atoms with Gasteiger partial charge in [-0.05, 0) is 32.0 Å². The van der Waals surface area contributed by atoms with Gasteiger partial charge in [-0.25, -0.2) is 9.67 Å². The molecule has 0 aromatic carbocycles. The van der Waals surface area contributed by atoms with Crippen LogP contribution in [0.5, 0.6) is 0 Å². The van der Waals surface area contributed by atoms with Crippen LogP contribution in [0.2, 0.25) is 5.15 Å². The molecule has 5 heteroatoms. The van der Waals surface area contributed by atoms with Crippen LogP contribution < -0.4 is 0 Å². The molecule has 0 bridgehead atoms. The highest BCUT2D eigenvalue weighted by Gasteiger charge is 2.15. The second-order valence-corrected chi connectivity index (χ2v) is 3.84. The van der Waals surface area contributed by atoms with Crippen LogP contribution in [0.15, 0.2) is 24.4 Å². The first-order valence-corrected chi connectivity index (χ1v) is 5.16. The van der Waals surface area contributed by atoms with Crippen LogP contribution >= 0.6 is 11.6 Å². The van der Waals surface area contributed by atoms with Crippen molar-refractivity contribution in [2.45, 2.75) is 13.8 Å². The zero-order chi connectivity index (χ0) is 11.7. The number of halogens is 1. The Balaban J connectivity index is 2.47. The molecule has 0 saturated carbocycles. The van der Waals surface area contributed by atoms with Gasteiger partial charge >= 0.3 is 0 Å². The van der Waals surface area contributed by atoms with Crippen molar-refractivity contribution < 1.29 is 4.79 Å². The molecule has 2 heterocycles. The Morgan fingerprint density at radius 1 is 1.44 bits per heavy atom. The quantitative estimate of drug-likeness (QED) is 0.713. The lowest BCUT2D eigenvalue weighted by Crippen LogP contribution is -2.16. The summed E-state index contributed by atoms with van der Waals surface area (Å²) in [5.74, 6) is -0.260. The summed E-state index contributed by atoms with van der Waals surface area (Å²) in [7, 11) is 0. The van der Waals surface area contributed by atoms with E-state index in [9.17, 15) is 4.79 Å². The molecule has 0 spiro atoms. The monoisotopic (exact) mass is 235 g/mol. The third-order valence-electron chi connectivity index (χ3n) is 2.19. The van der Waals surface area contributed by atoms with Crippen molar-refractivity contribution in [3.05, 3.63) is 46.5 Å². The molecule has 0 amide bonds. The molecule has 0 unspecified atom stereocenters. The number of carbonyl (C=O) groups excluding carboxylic acids is 1. The van der Waals surface area contributed by atoms with Crippen LogP contribution in [0.1, 0.15) is 21.7 Å². The number of aryl methyl sites for hydroxylation is 2. The van der Waals surface area contributed by atoms with Gasteiger partial charge < -0.3 is 0 Å². The first-order chi connectivity index (χ1) is 7.59. The van der Waals surface area contributed by atoms with Gasteiger partial charge in [0.05, 0.1) is 11.3 Å². The second-order valence-electron chi connectivity index (χ2n) is 3.49. The number of carbonyl (C=O) groups is 1. The molecule has 4 nitrogen and oxygen atoms in total. The van der Waals surface area contributed by atoms with E-state index in [0.29, 0.717) is 5.56 Å². The third-order valence-corrected chi connectivity index (χ3v) is 2.49. The van der Waals surface area contributed by atoms with Gasteiger partial charge in [-0.1, -0.05) is 11.6 Å². The van der Waals surface area contributed by atoms with Crippen LogP contribution in [0, 0.1) is 13.8 Å². The summed E-state index contributed by atoms with van der Waals surface area (Å²) in [6.45, 7) is 3.66. The standard InChI is InChI=1S/C11H10ClN3O/c1-7-6-8(2)15(14-7)11(16)9-4-3-5-13-10(9)12/h3-6H,1-2H3. The normalized spacial score (nSPS) is 10.4. The summed E-state index contributed by atoms with van der Waals surface area (Å²) in [5, 5.41) is 4.30. The first-order valence-electron chi connectivity index (χ1n) is 4.78. The molecule has 0 atom stereocenters. The lowest BCUT2D eigenvalue weighted by molar-refractivity contribution is 0.0942. The summed E-state index contributed by atoms with van der Waals surface area (Å²) in [4.78, 5) is 15.9. The Bertz CT molecular complexity index is 548. The zero-order valence-corrected chi connectivity index (χ0v) is 9.69. The van der Waals surface area contributed by atoms with Crippen LogP contribution in [0.25, 0.3) is 0 Å². The number of hydrogen-bond donors (Lipinski definition) is 0. The van der Waals surface area contributed by atoms with Crippen LogP contribution in [-0.4, -0.2) is 20.7 Å². The Labute approximate surface area is 97.9 Å². The Hall–Kier alpha value is -1.68. The lowest BCUT2D eigenvalue weighted by Gasteiger charge is -2.03. The molecule has 0 fully saturated rings. The predicted octanol–water partition coefficient (Wildman–Crippen LogP) is 2.24. The maximum atomic E-state index is 12.1. The molecule has 0 N–H and O–H groups in total. The second kappa shape index (κ2) is 4.06. The molecular weight excluding hydrogens is 226 g/mol. The van der Waals surface area contributed by atoms with E-state index < -0.39 is 0 Å². The van der Waals surface area contributed by atoms with E-state index in [0.717, 1.165) is 11.4 Å². The Kier molecular flexibility index (Phi) is 2.75. The van der Waals surface area contributed by atoms with Crippen LogP contribution in [-0.2, 0) is 0 Å². The van der Waals surface area contributed by atoms with Gasteiger partial charge in [0, 0.05) is 11.9 Å². The highest BCUT2D eigenvalue weighted by atomic mass is 35.5. The van der Waals surface area contributed by atoms with E-state index >= 15 is 0 Å². The molecule has 82 valence electrons. The predicted molar refractivity (Wildman–Crippen MR) is 60.7 cm³/mol. The minimum absolute atomic E-state index is 0.194. The Morgan fingerprint density at radius 2 is 2.19 bits per heavy atom. The summed E-state index contributed by atoms with van der Waals surface area (Å²) in [5.41, 5.74) is 1.93. The average molecular weight is 236 g/mol. The Morgan fingerprint density at radius 3 is 2.75 bits per heavy atom. The fraction of sp³-hybridized carbons (Fsp3) is 0.182. The highest BCUT2D eigenvalue weighted by Crippen LogP contribution is 2.14. The van der Waals surface area contributed by atoms with Gasteiger partial charge in [-0.3, -0.25) is 4.79 Å². The van der Waals surface area contributed by atoms with Crippen molar-refractivity contribution in [2.24, 2.45) is 0 Å². The van der Waals surface area contributed by atoms with E-state index in [2.05, 4.69) is 10.1 Å². The zero-order valence-electron chi connectivity index (χ0n) is 8.94. The van der Waals surface area contributed by atoms with Crippen molar-refractivity contribution in [3.63, 3.8) is 0 Å². The van der Waals surface area contributed by atoms with Crippen molar-refractivity contribution in [1.82, 2.24) is 14.8 Å². The number of rotatable bonds is 1. The van der Waals surface area contributed by atoms with Crippen molar-refractivity contribution in [1.29, 1.82) is 0 Å². The molecule has 0 aliphatic rings. The molecule has 0 aliphatic carbocycles. The van der Waals surface area contributed by atoms with Crippen LogP contribution in [0.4, 0.5) is 0 Å². The van der Waals surface area contributed by atoms with Gasteiger partial charge in [-0.2, -0.15) is 5.10 Å². The average Bonchev–Trinajstić information content (AvgIpc) is 2.58. The van der Waals surface area contributed by atoms with E-state index in [1.54, 1.807) is 18.3 Å².